The van der Waals surface area contributed by atoms with Crippen molar-refractivity contribution in [2.45, 2.75) is 39.2 Å². The monoisotopic (exact) mass is 263 g/mol. The maximum Gasteiger partial charge on any atom is 0.337 e. The first kappa shape index (κ1) is 13.6. The summed E-state index contributed by atoms with van der Waals surface area (Å²) in [5.41, 5.74) is 6.19. The number of carbonyl (C=O) groups is 1. The molecule has 0 aliphatic heterocycles. The predicted molar refractivity (Wildman–Crippen MR) is 75.2 cm³/mol. The van der Waals surface area contributed by atoms with E-state index in [2.05, 4.69) is 24.1 Å². The summed E-state index contributed by atoms with van der Waals surface area (Å²) in [5.74, 6) is 0.879. The maximum atomic E-state index is 11.0. The van der Waals surface area contributed by atoms with E-state index in [9.17, 15) is 4.79 Å². The van der Waals surface area contributed by atoms with Crippen LogP contribution in [0, 0.1) is 11.8 Å². The maximum absolute atomic E-state index is 11.0. The standard InChI is InChI=1S/C14H21N3O2/c1-8-3-4-10(7-9(8)2)17-13-12(15)11(14(18)19)5-6-16-13/h5-6,8-10H,3-4,7,15H2,1-2H3,(H,16,17)(H,18,19). The fourth-order valence-corrected chi connectivity index (χ4v) is 2.65. The number of nitrogens with one attached hydrogen (secondary N) is 1. The number of rotatable bonds is 3. The van der Waals surface area contributed by atoms with Crippen LogP contribution in [0.3, 0.4) is 0 Å². The van der Waals surface area contributed by atoms with E-state index >= 15 is 0 Å². The van der Waals surface area contributed by atoms with Gasteiger partial charge >= 0.3 is 5.97 Å². The fraction of sp³-hybridized carbons (Fsp3) is 0.571. The lowest BCUT2D eigenvalue weighted by molar-refractivity contribution is 0.0698. The summed E-state index contributed by atoms with van der Waals surface area (Å²) in [6.07, 6.45) is 4.80. The molecule has 1 saturated carbocycles. The Labute approximate surface area is 113 Å². The third kappa shape index (κ3) is 2.97. The van der Waals surface area contributed by atoms with Crippen molar-refractivity contribution in [2.24, 2.45) is 11.8 Å². The van der Waals surface area contributed by atoms with Crippen LogP contribution in [0.2, 0.25) is 0 Å². The van der Waals surface area contributed by atoms with Gasteiger partial charge in [-0.3, -0.25) is 0 Å². The summed E-state index contributed by atoms with van der Waals surface area (Å²) in [7, 11) is 0. The number of carboxylic acid groups (broad SMARTS) is 1. The molecule has 1 aliphatic carbocycles. The van der Waals surface area contributed by atoms with Gasteiger partial charge < -0.3 is 16.2 Å². The zero-order valence-electron chi connectivity index (χ0n) is 11.4. The molecule has 5 heteroatoms. The number of carboxylic acids is 1. The van der Waals surface area contributed by atoms with Crippen molar-refractivity contribution >= 4 is 17.5 Å². The van der Waals surface area contributed by atoms with Gasteiger partial charge in [-0.15, -0.1) is 0 Å². The Morgan fingerprint density at radius 2 is 2.16 bits per heavy atom. The lowest BCUT2D eigenvalue weighted by atomic mass is 9.79. The zero-order valence-corrected chi connectivity index (χ0v) is 11.4. The van der Waals surface area contributed by atoms with Crippen LogP contribution in [-0.4, -0.2) is 22.1 Å². The van der Waals surface area contributed by atoms with E-state index in [-0.39, 0.29) is 11.3 Å². The number of aromatic nitrogens is 1. The van der Waals surface area contributed by atoms with E-state index in [0.29, 0.717) is 17.8 Å². The summed E-state index contributed by atoms with van der Waals surface area (Å²) in [6, 6.07) is 1.75. The summed E-state index contributed by atoms with van der Waals surface area (Å²) >= 11 is 0. The number of nitrogen functional groups attached to an aromatic ring is 1. The lowest BCUT2D eigenvalue weighted by Crippen LogP contribution is -2.31. The van der Waals surface area contributed by atoms with Crippen molar-refractivity contribution in [3.8, 4) is 0 Å². The first-order valence-corrected chi connectivity index (χ1v) is 6.73. The number of nitrogens with two attached hydrogens (primary N) is 1. The number of hydrogen-bond donors (Lipinski definition) is 3. The predicted octanol–water partition coefficient (Wildman–Crippen LogP) is 2.60. The van der Waals surface area contributed by atoms with Crippen molar-refractivity contribution < 1.29 is 9.90 Å². The molecule has 0 radical (unpaired) electrons. The Morgan fingerprint density at radius 3 is 2.79 bits per heavy atom. The van der Waals surface area contributed by atoms with E-state index in [0.717, 1.165) is 18.8 Å². The molecule has 3 unspecified atom stereocenters. The number of aromatic carboxylic acids is 1. The molecule has 1 heterocycles. The van der Waals surface area contributed by atoms with Crippen LogP contribution < -0.4 is 11.1 Å². The van der Waals surface area contributed by atoms with Crippen molar-refractivity contribution in [2.75, 3.05) is 11.1 Å². The van der Waals surface area contributed by atoms with Crippen LogP contribution in [0.25, 0.3) is 0 Å². The van der Waals surface area contributed by atoms with Gasteiger partial charge in [0.15, 0.2) is 0 Å². The molecule has 4 N–H and O–H groups in total. The molecule has 0 spiro atoms. The van der Waals surface area contributed by atoms with Crippen LogP contribution in [-0.2, 0) is 0 Å². The molecular weight excluding hydrogens is 242 g/mol. The van der Waals surface area contributed by atoms with E-state index in [1.54, 1.807) is 0 Å². The molecule has 0 amide bonds. The molecule has 5 nitrogen and oxygen atoms in total. The van der Waals surface area contributed by atoms with Crippen molar-refractivity contribution in [3.63, 3.8) is 0 Å². The minimum Gasteiger partial charge on any atom is -0.478 e. The van der Waals surface area contributed by atoms with Crippen LogP contribution >= 0.6 is 0 Å². The molecule has 0 bridgehead atoms. The van der Waals surface area contributed by atoms with Gasteiger partial charge in [0.2, 0.25) is 0 Å². The van der Waals surface area contributed by atoms with Crippen molar-refractivity contribution in [3.05, 3.63) is 17.8 Å². The molecule has 1 fully saturated rings. The van der Waals surface area contributed by atoms with Gasteiger partial charge in [-0.05, 0) is 37.2 Å². The third-order valence-corrected chi connectivity index (χ3v) is 4.16. The first-order chi connectivity index (χ1) is 8.99. The molecule has 0 saturated heterocycles. The molecule has 1 aliphatic rings. The van der Waals surface area contributed by atoms with Gasteiger partial charge in [-0.1, -0.05) is 13.8 Å². The van der Waals surface area contributed by atoms with E-state index in [1.807, 2.05) is 0 Å². The third-order valence-electron chi connectivity index (χ3n) is 4.16. The Balaban J connectivity index is 2.11. The molecule has 2 rings (SSSR count). The fourth-order valence-electron chi connectivity index (χ4n) is 2.65. The van der Waals surface area contributed by atoms with Gasteiger partial charge in [0.1, 0.15) is 5.82 Å². The van der Waals surface area contributed by atoms with Gasteiger partial charge in [0.25, 0.3) is 0 Å². The summed E-state index contributed by atoms with van der Waals surface area (Å²) in [4.78, 5) is 15.2. The van der Waals surface area contributed by atoms with Gasteiger partial charge in [-0.2, -0.15) is 0 Å². The number of hydrogen-bond acceptors (Lipinski definition) is 4. The first-order valence-electron chi connectivity index (χ1n) is 6.73. The van der Waals surface area contributed by atoms with Gasteiger partial charge in [0, 0.05) is 12.2 Å². The molecule has 0 aromatic carbocycles. The molecule has 1 aromatic heterocycles. The number of anilines is 2. The van der Waals surface area contributed by atoms with Crippen molar-refractivity contribution in [1.82, 2.24) is 4.98 Å². The summed E-state index contributed by atoms with van der Waals surface area (Å²) in [6.45, 7) is 4.53. The highest BCUT2D eigenvalue weighted by Crippen LogP contribution is 2.32. The lowest BCUT2D eigenvalue weighted by Gasteiger charge is -2.33. The highest BCUT2D eigenvalue weighted by Gasteiger charge is 2.25. The average molecular weight is 263 g/mol. The van der Waals surface area contributed by atoms with E-state index in [4.69, 9.17) is 10.8 Å². The van der Waals surface area contributed by atoms with E-state index < -0.39 is 5.97 Å². The van der Waals surface area contributed by atoms with Gasteiger partial charge in [0.05, 0.1) is 11.3 Å². The minimum atomic E-state index is -1.02. The number of nitrogens with zero attached hydrogens (tertiary/aromatic N) is 1. The largest absolute Gasteiger partial charge is 0.478 e. The summed E-state index contributed by atoms with van der Waals surface area (Å²) in [5, 5.41) is 12.3. The Hall–Kier alpha value is -1.78. The second-order valence-corrected chi connectivity index (χ2v) is 5.53. The topological polar surface area (TPSA) is 88.2 Å². The van der Waals surface area contributed by atoms with Crippen LogP contribution in [0.15, 0.2) is 12.3 Å². The van der Waals surface area contributed by atoms with Crippen molar-refractivity contribution in [1.29, 1.82) is 0 Å². The van der Waals surface area contributed by atoms with E-state index in [1.165, 1.54) is 18.7 Å². The van der Waals surface area contributed by atoms with Crippen LogP contribution in [0.4, 0.5) is 11.5 Å². The highest BCUT2D eigenvalue weighted by molar-refractivity contribution is 5.96. The number of pyridine rings is 1. The molecule has 19 heavy (non-hydrogen) atoms. The normalized spacial score (nSPS) is 26.9. The second kappa shape index (κ2) is 5.47. The Kier molecular flexibility index (Phi) is 3.93. The van der Waals surface area contributed by atoms with Gasteiger partial charge in [-0.25, -0.2) is 9.78 Å². The second-order valence-electron chi connectivity index (χ2n) is 5.53. The Morgan fingerprint density at radius 1 is 1.42 bits per heavy atom. The zero-order chi connectivity index (χ0) is 14.0. The average Bonchev–Trinajstić information content (AvgIpc) is 2.36. The van der Waals surface area contributed by atoms with Crippen LogP contribution in [0.5, 0.6) is 0 Å². The molecule has 3 atom stereocenters. The molecular formula is C14H21N3O2. The highest BCUT2D eigenvalue weighted by atomic mass is 16.4. The Bertz CT molecular complexity index is 476. The summed E-state index contributed by atoms with van der Waals surface area (Å²) < 4.78 is 0. The minimum absolute atomic E-state index is 0.106. The quantitative estimate of drug-likeness (QED) is 0.780. The SMILES string of the molecule is CC1CCC(Nc2nccc(C(=O)O)c2N)CC1C. The molecule has 104 valence electrons. The smallest absolute Gasteiger partial charge is 0.337 e. The van der Waals surface area contributed by atoms with Crippen LogP contribution in [0.1, 0.15) is 43.5 Å². The molecule has 1 aromatic rings.